The van der Waals surface area contributed by atoms with E-state index in [1.807, 2.05) is 11.3 Å². The highest BCUT2D eigenvalue weighted by atomic mass is 32.1. The largest absolute Gasteiger partial charge is 0.354 e. The maximum absolute atomic E-state index is 3.78. The third-order valence-electron chi connectivity index (χ3n) is 5.65. The van der Waals surface area contributed by atoms with Crippen molar-refractivity contribution in [1.29, 1.82) is 0 Å². The predicted molar refractivity (Wildman–Crippen MR) is 132 cm³/mol. The second-order valence-corrected chi connectivity index (χ2v) is 8.54. The van der Waals surface area contributed by atoms with E-state index in [9.17, 15) is 0 Å². The molecule has 6 rings (SSSR count). The summed E-state index contributed by atoms with van der Waals surface area (Å²) in [7, 11) is 0. The molecule has 0 spiro atoms. The van der Waals surface area contributed by atoms with Crippen LogP contribution in [0.5, 0.6) is 0 Å². The van der Waals surface area contributed by atoms with Gasteiger partial charge in [-0.25, -0.2) is 0 Å². The lowest BCUT2D eigenvalue weighted by molar-refractivity contribution is 1.56. The second-order valence-electron chi connectivity index (χ2n) is 7.48. The molecule has 5 aromatic carbocycles. The molecule has 1 heterocycles. The number of para-hydroxylation sites is 1. The Morgan fingerprint density at radius 2 is 1.27 bits per heavy atom. The molecular weight excluding hydrogens is 382 g/mol. The Balaban J connectivity index is 1.61. The average molecular weight is 402 g/mol. The fourth-order valence-corrected chi connectivity index (χ4v) is 5.46. The maximum Gasteiger partial charge on any atom is 0.0596 e. The van der Waals surface area contributed by atoms with Gasteiger partial charge in [0.05, 0.1) is 10.4 Å². The van der Waals surface area contributed by atoms with Gasteiger partial charge >= 0.3 is 0 Å². The Labute approximate surface area is 179 Å². The smallest absolute Gasteiger partial charge is 0.0596 e. The fraction of sp³-hybridized carbons (Fsp3) is 0. The van der Waals surface area contributed by atoms with E-state index < -0.39 is 0 Å². The minimum absolute atomic E-state index is 1.12. The Kier molecular flexibility index (Phi) is 4.03. The van der Waals surface area contributed by atoms with Crippen molar-refractivity contribution < 1.29 is 0 Å². The molecule has 0 amide bonds. The van der Waals surface area contributed by atoms with Crippen LogP contribution in [0.4, 0.5) is 11.4 Å². The number of fused-ring (bicyclic) bond motifs is 5. The van der Waals surface area contributed by atoms with Crippen molar-refractivity contribution in [2.45, 2.75) is 0 Å². The molecular formula is C28H19NS. The molecule has 0 radical (unpaired) electrons. The summed E-state index contributed by atoms with van der Waals surface area (Å²) in [5.74, 6) is 0. The first-order chi connectivity index (χ1) is 14.9. The SMILES string of the molecule is c1ccc(-c2ccccc2Nc2cc3ccccc3c3c2sc2ccccc23)cc1. The van der Waals surface area contributed by atoms with E-state index >= 15 is 0 Å². The molecule has 2 heteroatoms. The second kappa shape index (κ2) is 7.01. The van der Waals surface area contributed by atoms with E-state index in [4.69, 9.17) is 0 Å². The summed E-state index contributed by atoms with van der Waals surface area (Å²) in [6.07, 6.45) is 0. The van der Waals surface area contributed by atoms with Crippen molar-refractivity contribution in [3.8, 4) is 11.1 Å². The van der Waals surface area contributed by atoms with Gasteiger partial charge in [0.25, 0.3) is 0 Å². The minimum Gasteiger partial charge on any atom is -0.354 e. The zero-order valence-electron chi connectivity index (χ0n) is 16.3. The molecule has 1 aromatic heterocycles. The van der Waals surface area contributed by atoms with Gasteiger partial charge in [-0.3, -0.25) is 0 Å². The number of benzene rings is 5. The van der Waals surface area contributed by atoms with Gasteiger partial charge in [0.2, 0.25) is 0 Å². The summed E-state index contributed by atoms with van der Waals surface area (Å²) in [6.45, 7) is 0. The lowest BCUT2D eigenvalue weighted by Crippen LogP contribution is -1.94. The molecule has 1 nitrogen and oxygen atoms in total. The average Bonchev–Trinajstić information content (AvgIpc) is 3.20. The maximum atomic E-state index is 3.78. The van der Waals surface area contributed by atoms with Crippen LogP contribution in [0.25, 0.3) is 42.1 Å². The van der Waals surface area contributed by atoms with Gasteiger partial charge in [-0.15, -0.1) is 11.3 Å². The van der Waals surface area contributed by atoms with Crippen molar-refractivity contribution in [2.75, 3.05) is 5.32 Å². The van der Waals surface area contributed by atoms with Crippen LogP contribution in [0.15, 0.2) is 109 Å². The summed E-state index contributed by atoms with van der Waals surface area (Å²) < 4.78 is 2.63. The zero-order valence-corrected chi connectivity index (χ0v) is 17.1. The summed E-state index contributed by atoms with van der Waals surface area (Å²) >= 11 is 1.86. The van der Waals surface area contributed by atoms with Gasteiger partial charge in [0, 0.05) is 26.7 Å². The number of rotatable bonds is 3. The van der Waals surface area contributed by atoms with Crippen LogP contribution in [0, 0.1) is 0 Å². The van der Waals surface area contributed by atoms with Crippen LogP contribution in [0.3, 0.4) is 0 Å². The Hall–Kier alpha value is -3.62. The van der Waals surface area contributed by atoms with Crippen LogP contribution in [0.2, 0.25) is 0 Å². The van der Waals surface area contributed by atoms with E-state index in [1.54, 1.807) is 0 Å². The van der Waals surface area contributed by atoms with Gasteiger partial charge in [-0.05, 0) is 34.5 Å². The molecule has 0 unspecified atom stereocenters. The third-order valence-corrected chi connectivity index (χ3v) is 6.86. The summed E-state index contributed by atoms with van der Waals surface area (Å²) in [6, 6.07) is 38.8. The standard InChI is InChI=1S/C28H19NS/c1-2-10-19(11-3-1)21-13-6-8-16-24(21)29-25-18-20-12-4-5-14-22(20)27-23-15-7-9-17-26(23)30-28(25)27/h1-18,29H. The summed E-state index contributed by atoms with van der Waals surface area (Å²) in [5.41, 5.74) is 4.71. The molecule has 0 saturated carbocycles. The van der Waals surface area contributed by atoms with Crippen LogP contribution >= 0.6 is 11.3 Å². The molecule has 1 N–H and O–H groups in total. The molecule has 0 bridgehead atoms. The van der Waals surface area contributed by atoms with Crippen molar-refractivity contribution in [3.63, 3.8) is 0 Å². The number of hydrogen-bond acceptors (Lipinski definition) is 2. The summed E-state index contributed by atoms with van der Waals surface area (Å²) in [4.78, 5) is 0. The highest BCUT2D eigenvalue weighted by Crippen LogP contribution is 2.44. The number of thiophene rings is 1. The quantitative estimate of drug-likeness (QED) is 0.313. The first kappa shape index (κ1) is 17.3. The van der Waals surface area contributed by atoms with Crippen LogP contribution in [0.1, 0.15) is 0 Å². The van der Waals surface area contributed by atoms with Crippen molar-refractivity contribution in [3.05, 3.63) is 109 Å². The molecule has 142 valence electrons. The van der Waals surface area contributed by atoms with Gasteiger partial charge < -0.3 is 5.32 Å². The van der Waals surface area contributed by atoms with E-state index in [0.29, 0.717) is 0 Å². The zero-order chi connectivity index (χ0) is 19.9. The molecule has 0 atom stereocenters. The van der Waals surface area contributed by atoms with E-state index in [1.165, 1.54) is 42.1 Å². The normalized spacial score (nSPS) is 11.3. The Morgan fingerprint density at radius 3 is 2.17 bits per heavy atom. The van der Waals surface area contributed by atoms with Crippen LogP contribution in [-0.2, 0) is 0 Å². The monoisotopic (exact) mass is 401 g/mol. The number of hydrogen-bond donors (Lipinski definition) is 1. The third kappa shape index (κ3) is 2.77. The highest BCUT2D eigenvalue weighted by Gasteiger charge is 2.14. The molecule has 6 aromatic rings. The van der Waals surface area contributed by atoms with Gasteiger partial charge in [0.15, 0.2) is 0 Å². The van der Waals surface area contributed by atoms with Crippen molar-refractivity contribution in [2.24, 2.45) is 0 Å². The highest BCUT2D eigenvalue weighted by molar-refractivity contribution is 7.26. The van der Waals surface area contributed by atoms with Crippen LogP contribution in [-0.4, -0.2) is 0 Å². The minimum atomic E-state index is 1.12. The topological polar surface area (TPSA) is 12.0 Å². The molecule has 0 aliphatic carbocycles. The number of anilines is 2. The Bertz CT molecular complexity index is 1510. The lowest BCUT2D eigenvalue weighted by atomic mass is 10.0. The first-order valence-electron chi connectivity index (χ1n) is 10.1. The molecule has 0 aliphatic rings. The molecule has 0 aliphatic heterocycles. The van der Waals surface area contributed by atoms with E-state index in [0.717, 1.165) is 11.4 Å². The van der Waals surface area contributed by atoms with Gasteiger partial charge in [0.1, 0.15) is 0 Å². The predicted octanol–water partition coefficient (Wildman–Crippen LogP) is 8.62. The van der Waals surface area contributed by atoms with E-state index in [2.05, 4.69) is 115 Å². The van der Waals surface area contributed by atoms with Crippen molar-refractivity contribution >= 4 is 53.7 Å². The van der Waals surface area contributed by atoms with E-state index in [-0.39, 0.29) is 0 Å². The summed E-state index contributed by atoms with van der Waals surface area (Å²) in [5, 5.41) is 9.02. The molecule has 0 saturated heterocycles. The fourth-order valence-electron chi connectivity index (χ4n) is 4.27. The number of nitrogens with one attached hydrogen (secondary N) is 1. The van der Waals surface area contributed by atoms with Crippen molar-refractivity contribution in [1.82, 2.24) is 0 Å². The van der Waals surface area contributed by atoms with Gasteiger partial charge in [-0.1, -0.05) is 91.0 Å². The Morgan fingerprint density at radius 1 is 0.567 bits per heavy atom. The lowest BCUT2D eigenvalue weighted by Gasteiger charge is -2.14. The molecule has 30 heavy (non-hydrogen) atoms. The molecule has 0 fully saturated rings. The van der Waals surface area contributed by atoms with Gasteiger partial charge in [-0.2, -0.15) is 0 Å². The van der Waals surface area contributed by atoms with Crippen LogP contribution < -0.4 is 5.32 Å². The first-order valence-corrected chi connectivity index (χ1v) is 10.9.